The summed E-state index contributed by atoms with van der Waals surface area (Å²) in [5.74, 6) is 1.45. The summed E-state index contributed by atoms with van der Waals surface area (Å²) < 4.78 is 0. The Morgan fingerprint density at radius 1 is 1.60 bits per heavy atom. The lowest BCUT2D eigenvalue weighted by atomic mass is 10.1. The highest BCUT2D eigenvalue weighted by atomic mass is 32.2. The molecule has 0 fully saturated rings. The molecule has 0 saturated carbocycles. The Morgan fingerprint density at radius 3 is 3.00 bits per heavy atom. The van der Waals surface area contributed by atoms with Crippen LogP contribution in [0.2, 0.25) is 0 Å². The smallest absolute Gasteiger partial charge is 0.149 e. The molecule has 6 heteroatoms. The minimum absolute atomic E-state index is 0.0653. The van der Waals surface area contributed by atoms with Crippen LogP contribution in [0.25, 0.3) is 0 Å². The van der Waals surface area contributed by atoms with Gasteiger partial charge in [0.05, 0.1) is 0 Å². The lowest BCUT2D eigenvalue weighted by molar-refractivity contribution is 0.480. The van der Waals surface area contributed by atoms with Gasteiger partial charge in [-0.15, -0.1) is 16.5 Å². The second-order valence-electron chi connectivity index (χ2n) is 3.43. The predicted octanol–water partition coefficient (Wildman–Crippen LogP) is 2.30. The number of hydrogen-bond acceptors (Lipinski definition) is 6. The van der Waals surface area contributed by atoms with Crippen molar-refractivity contribution >= 4 is 23.1 Å². The van der Waals surface area contributed by atoms with Crippen molar-refractivity contribution in [1.29, 1.82) is 0 Å². The molecule has 2 N–H and O–H groups in total. The molecule has 2 atom stereocenters. The topological polar surface area (TPSA) is 48.8 Å². The van der Waals surface area contributed by atoms with E-state index in [0.717, 1.165) is 5.75 Å². The fraction of sp³-hybridized carbons (Fsp3) is 0.556. The highest BCUT2D eigenvalue weighted by Gasteiger charge is 2.26. The molecule has 82 valence electrons. The zero-order valence-electron chi connectivity index (χ0n) is 8.73. The molecular weight excluding hydrogens is 228 g/mol. The van der Waals surface area contributed by atoms with Crippen molar-refractivity contribution in [2.45, 2.75) is 19.0 Å². The van der Waals surface area contributed by atoms with Crippen LogP contribution >= 0.6 is 23.1 Å². The van der Waals surface area contributed by atoms with E-state index in [9.17, 15) is 0 Å². The van der Waals surface area contributed by atoms with E-state index < -0.39 is 0 Å². The summed E-state index contributed by atoms with van der Waals surface area (Å²) in [4.78, 5) is 2.72. The Balaban J connectivity index is 2.15. The summed E-state index contributed by atoms with van der Waals surface area (Å²) in [5.41, 5.74) is 5.75. The number of thiophene rings is 1. The zero-order chi connectivity index (χ0) is 10.7. The second-order valence-corrected chi connectivity index (χ2v) is 5.66. The Morgan fingerprint density at radius 2 is 2.47 bits per heavy atom. The molecule has 0 saturated heterocycles. The Bertz CT molecular complexity index is 350. The van der Waals surface area contributed by atoms with Crippen molar-refractivity contribution in [2.75, 3.05) is 12.0 Å². The Kier molecular flexibility index (Phi) is 3.61. The Labute approximate surface area is 97.5 Å². The number of hydrogen-bond donors (Lipinski definition) is 2. The molecule has 0 aromatic carbocycles. The van der Waals surface area contributed by atoms with Crippen LogP contribution in [-0.4, -0.2) is 18.2 Å². The van der Waals surface area contributed by atoms with E-state index in [1.165, 1.54) is 9.75 Å². The number of rotatable bonds is 4. The number of thioether (sulfide) groups is 1. The largest absolute Gasteiger partial charge is 0.222 e. The van der Waals surface area contributed by atoms with Gasteiger partial charge in [-0.2, -0.15) is 17.2 Å². The van der Waals surface area contributed by atoms with Crippen LogP contribution in [0.4, 0.5) is 0 Å². The minimum Gasteiger partial charge on any atom is -0.222 e. The predicted molar refractivity (Wildman–Crippen MR) is 65.1 cm³/mol. The standard InChI is InChI=1S/C9H14N4S2/c1-6-3-4-8(15-6)7(5-14-2)9-10-12-13-11-9/h3-4,7,9H,5H2,1-2H3,(H,10,13)(H,11,12). The van der Waals surface area contributed by atoms with Gasteiger partial charge in [-0.1, -0.05) is 5.22 Å². The van der Waals surface area contributed by atoms with Gasteiger partial charge in [-0.25, -0.2) is 5.53 Å². The molecule has 2 rings (SSSR count). The SMILES string of the molecule is CSCC(c1ccc(C)s1)C1N=NNN1. The number of nitrogens with zero attached hydrogens (tertiary/aromatic N) is 2. The van der Waals surface area contributed by atoms with Gasteiger partial charge in [-0.3, -0.25) is 0 Å². The zero-order valence-corrected chi connectivity index (χ0v) is 10.4. The van der Waals surface area contributed by atoms with Gasteiger partial charge in [0.2, 0.25) is 0 Å². The molecule has 0 amide bonds. The van der Waals surface area contributed by atoms with Gasteiger partial charge in [0, 0.05) is 21.4 Å². The van der Waals surface area contributed by atoms with Gasteiger partial charge >= 0.3 is 0 Å². The third-order valence-corrected chi connectivity index (χ3v) is 4.12. The molecule has 0 bridgehead atoms. The highest BCUT2D eigenvalue weighted by Crippen LogP contribution is 2.30. The van der Waals surface area contributed by atoms with E-state index in [1.54, 1.807) is 0 Å². The van der Waals surface area contributed by atoms with E-state index in [4.69, 9.17) is 0 Å². The van der Waals surface area contributed by atoms with Crippen LogP contribution < -0.4 is 11.0 Å². The molecular formula is C9H14N4S2. The van der Waals surface area contributed by atoms with Crippen molar-refractivity contribution < 1.29 is 0 Å². The minimum atomic E-state index is 0.0653. The third kappa shape index (κ3) is 2.50. The summed E-state index contributed by atoms with van der Waals surface area (Å²) in [5, 5.41) is 7.90. The molecule has 2 unspecified atom stereocenters. The quantitative estimate of drug-likeness (QED) is 0.852. The van der Waals surface area contributed by atoms with E-state index in [-0.39, 0.29) is 6.17 Å². The van der Waals surface area contributed by atoms with Crippen LogP contribution in [0.15, 0.2) is 22.5 Å². The molecule has 0 spiro atoms. The first-order valence-electron chi connectivity index (χ1n) is 4.77. The van der Waals surface area contributed by atoms with Crippen LogP contribution in [0.5, 0.6) is 0 Å². The maximum atomic E-state index is 4.14. The van der Waals surface area contributed by atoms with Gasteiger partial charge in [0.15, 0.2) is 0 Å². The molecule has 15 heavy (non-hydrogen) atoms. The fourth-order valence-electron chi connectivity index (χ4n) is 1.56. The van der Waals surface area contributed by atoms with E-state index >= 15 is 0 Å². The molecule has 2 heterocycles. The molecule has 0 radical (unpaired) electrons. The van der Waals surface area contributed by atoms with Crippen molar-refractivity contribution in [3.8, 4) is 0 Å². The highest BCUT2D eigenvalue weighted by molar-refractivity contribution is 7.98. The second kappa shape index (κ2) is 4.96. The van der Waals surface area contributed by atoms with Gasteiger partial charge in [-0.05, 0) is 25.3 Å². The molecule has 1 aliphatic rings. The van der Waals surface area contributed by atoms with Crippen molar-refractivity contribution in [3.05, 3.63) is 21.9 Å². The number of aryl methyl sites for hydroxylation is 1. The van der Waals surface area contributed by atoms with Crippen molar-refractivity contribution in [2.24, 2.45) is 10.3 Å². The van der Waals surface area contributed by atoms with E-state index in [0.29, 0.717) is 5.92 Å². The molecule has 1 aromatic rings. The Hall–Kier alpha value is -0.590. The van der Waals surface area contributed by atoms with Crippen LogP contribution in [-0.2, 0) is 0 Å². The van der Waals surface area contributed by atoms with E-state index in [2.05, 4.69) is 46.6 Å². The van der Waals surface area contributed by atoms with Gasteiger partial charge < -0.3 is 0 Å². The van der Waals surface area contributed by atoms with Gasteiger partial charge in [0.25, 0.3) is 0 Å². The summed E-state index contributed by atoms with van der Waals surface area (Å²) in [6.45, 7) is 2.13. The molecule has 1 aliphatic heterocycles. The number of nitrogens with one attached hydrogen (secondary N) is 2. The average Bonchev–Trinajstić information content (AvgIpc) is 2.85. The third-order valence-electron chi connectivity index (χ3n) is 2.30. The average molecular weight is 242 g/mol. The first-order valence-corrected chi connectivity index (χ1v) is 6.98. The lowest BCUT2D eigenvalue weighted by Crippen LogP contribution is -2.35. The molecule has 1 aromatic heterocycles. The summed E-state index contributed by atoms with van der Waals surface area (Å²) in [6, 6.07) is 4.35. The maximum Gasteiger partial charge on any atom is 0.149 e. The molecule has 4 nitrogen and oxygen atoms in total. The number of hydrazine groups is 1. The van der Waals surface area contributed by atoms with Gasteiger partial charge in [0.1, 0.15) is 6.17 Å². The van der Waals surface area contributed by atoms with Crippen molar-refractivity contribution in [3.63, 3.8) is 0 Å². The summed E-state index contributed by atoms with van der Waals surface area (Å²) >= 11 is 3.68. The monoisotopic (exact) mass is 242 g/mol. The fourth-order valence-corrected chi connectivity index (χ4v) is 3.39. The lowest BCUT2D eigenvalue weighted by Gasteiger charge is -2.17. The van der Waals surface area contributed by atoms with Crippen LogP contribution in [0.3, 0.4) is 0 Å². The van der Waals surface area contributed by atoms with Crippen LogP contribution in [0, 0.1) is 6.92 Å². The first-order chi connectivity index (χ1) is 7.31. The normalized spacial score (nSPS) is 21.6. The van der Waals surface area contributed by atoms with Crippen LogP contribution in [0.1, 0.15) is 15.7 Å². The molecule has 0 aliphatic carbocycles. The first kappa shape index (κ1) is 10.9. The maximum absolute atomic E-state index is 4.14. The van der Waals surface area contributed by atoms with Crippen molar-refractivity contribution in [1.82, 2.24) is 11.0 Å². The van der Waals surface area contributed by atoms with E-state index in [1.807, 2.05) is 23.1 Å². The summed E-state index contributed by atoms with van der Waals surface area (Å²) in [7, 11) is 0. The summed E-state index contributed by atoms with van der Waals surface area (Å²) in [6.07, 6.45) is 2.18.